The van der Waals surface area contributed by atoms with Gasteiger partial charge in [0.2, 0.25) is 0 Å². The predicted molar refractivity (Wildman–Crippen MR) is 50.0 cm³/mol. The van der Waals surface area contributed by atoms with E-state index in [0.29, 0.717) is 0 Å². The molecule has 1 rings (SSSR count). The molecule has 0 aromatic heterocycles. The van der Waals surface area contributed by atoms with Crippen LogP contribution in [0, 0.1) is 5.92 Å². The van der Waals surface area contributed by atoms with Gasteiger partial charge < -0.3 is 14.9 Å². The molecular formula is C6H8BIO4. The van der Waals surface area contributed by atoms with Crippen LogP contribution in [0.3, 0.4) is 0 Å². The SMILES string of the molecule is [B][C@@H]1O[C@H](CO)[C@@H](O)[C@H]1C(=O)I. The Morgan fingerprint density at radius 2 is 2.25 bits per heavy atom. The maximum atomic E-state index is 10.9. The van der Waals surface area contributed by atoms with Gasteiger partial charge in [0.15, 0.2) is 3.79 Å². The van der Waals surface area contributed by atoms with Crippen LogP contribution >= 0.6 is 22.6 Å². The topological polar surface area (TPSA) is 66.8 Å². The summed E-state index contributed by atoms with van der Waals surface area (Å²) in [7, 11) is 5.42. The minimum absolute atomic E-state index is 0.247. The number of hydrogen-bond acceptors (Lipinski definition) is 4. The lowest BCUT2D eigenvalue weighted by molar-refractivity contribution is -0.115. The summed E-state index contributed by atoms with van der Waals surface area (Å²) in [6.45, 7) is -0.324. The van der Waals surface area contributed by atoms with Crippen molar-refractivity contribution < 1.29 is 19.7 Å². The Hall–Kier alpha value is 0.345. The lowest BCUT2D eigenvalue weighted by atomic mass is 9.86. The van der Waals surface area contributed by atoms with Crippen LogP contribution in [-0.4, -0.2) is 46.7 Å². The maximum absolute atomic E-state index is 10.9. The highest BCUT2D eigenvalue weighted by atomic mass is 127. The summed E-state index contributed by atoms with van der Waals surface area (Å²) in [4.78, 5) is 10.9. The third-order valence-corrected chi connectivity index (χ3v) is 2.60. The fourth-order valence-electron chi connectivity index (χ4n) is 1.21. The van der Waals surface area contributed by atoms with Crippen LogP contribution in [-0.2, 0) is 9.53 Å². The summed E-state index contributed by atoms with van der Waals surface area (Å²) in [5.41, 5.74) is 0. The minimum atomic E-state index is -0.991. The van der Waals surface area contributed by atoms with E-state index in [4.69, 9.17) is 17.7 Å². The van der Waals surface area contributed by atoms with Crippen LogP contribution in [0.5, 0.6) is 0 Å². The van der Waals surface area contributed by atoms with Gasteiger partial charge in [-0.1, -0.05) is 0 Å². The number of carbonyl (C=O) groups is 1. The summed E-state index contributed by atoms with van der Waals surface area (Å²) in [5, 5.41) is 18.1. The number of halogens is 1. The van der Waals surface area contributed by atoms with Crippen LogP contribution < -0.4 is 0 Å². The average molecular weight is 282 g/mol. The molecule has 2 N–H and O–H groups in total. The van der Waals surface area contributed by atoms with Gasteiger partial charge in [0.1, 0.15) is 14.0 Å². The Morgan fingerprint density at radius 1 is 1.67 bits per heavy atom. The van der Waals surface area contributed by atoms with Crippen LogP contribution in [0.2, 0.25) is 0 Å². The van der Waals surface area contributed by atoms with Crippen molar-refractivity contribution in [3.63, 3.8) is 0 Å². The molecule has 1 aliphatic heterocycles. The van der Waals surface area contributed by atoms with E-state index in [0.717, 1.165) is 0 Å². The Kier molecular flexibility index (Phi) is 3.51. The van der Waals surface area contributed by atoms with Crippen LogP contribution in [0.25, 0.3) is 0 Å². The highest BCUT2D eigenvalue weighted by molar-refractivity contribution is 14.1. The van der Waals surface area contributed by atoms with E-state index in [1.54, 1.807) is 22.6 Å². The molecule has 0 aliphatic carbocycles. The van der Waals surface area contributed by atoms with Crippen molar-refractivity contribution in [2.45, 2.75) is 18.2 Å². The van der Waals surface area contributed by atoms with E-state index >= 15 is 0 Å². The molecule has 0 saturated carbocycles. The van der Waals surface area contributed by atoms with E-state index in [2.05, 4.69) is 0 Å². The standard InChI is InChI=1S/C6H8BIO4/c7-5-3(6(8)11)4(10)2(1-9)12-5/h2-5,9-10H,1H2/t2-,3-,4-,5-/m1/s1. The first-order valence-corrected chi connectivity index (χ1v) is 4.55. The Balaban J connectivity index is 2.70. The molecular weight excluding hydrogens is 274 g/mol. The van der Waals surface area contributed by atoms with Gasteiger partial charge >= 0.3 is 0 Å². The van der Waals surface area contributed by atoms with Gasteiger partial charge in [-0.2, -0.15) is 0 Å². The molecule has 1 fully saturated rings. The third kappa shape index (κ3) is 1.81. The fraction of sp³-hybridized carbons (Fsp3) is 0.833. The molecule has 1 heterocycles. The molecule has 1 saturated heterocycles. The van der Waals surface area contributed by atoms with Crippen LogP contribution in [0.1, 0.15) is 0 Å². The second-order valence-corrected chi connectivity index (χ2v) is 3.71. The first kappa shape index (κ1) is 10.4. The Morgan fingerprint density at radius 3 is 2.50 bits per heavy atom. The summed E-state index contributed by atoms with van der Waals surface area (Å²) < 4.78 is 4.70. The number of hydrogen-bond donors (Lipinski definition) is 2. The van der Waals surface area contributed by atoms with E-state index in [1.807, 2.05) is 0 Å². The van der Waals surface area contributed by atoms with Crippen LogP contribution in [0.4, 0.5) is 0 Å². The Bertz CT molecular complexity index is 188. The fourth-order valence-corrected chi connectivity index (χ4v) is 1.93. The van der Waals surface area contributed by atoms with E-state index in [9.17, 15) is 9.90 Å². The molecule has 0 aromatic carbocycles. The number of aliphatic hydroxyl groups excluding tert-OH is 2. The van der Waals surface area contributed by atoms with Gasteiger partial charge in [-0.25, -0.2) is 0 Å². The lowest BCUT2D eigenvalue weighted by Crippen LogP contribution is -2.33. The zero-order chi connectivity index (χ0) is 9.30. The van der Waals surface area contributed by atoms with E-state index in [1.165, 1.54) is 0 Å². The van der Waals surface area contributed by atoms with E-state index < -0.39 is 24.1 Å². The van der Waals surface area contributed by atoms with Crippen molar-refractivity contribution in [1.82, 2.24) is 0 Å². The van der Waals surface area contributed by atoms with Crippen molar-refractivity contribution >= 4 is 34.2 Å². The third-order valence-electron chi connectivity index (χ3n) is 1.88. The van der Waals surface area contributed by atoms with Crippen molar-refractivity contribution in [1.29, 1.82) is 0 Å². The van der Waals surface area contributed by atoms with Gasteiger partial charge in [-0.15, -0.1) is 0 Å². The van der Waals surface area contributed by atoms with Crippen LogP contribution in [0.15, 0.2) is 0 Å². The van der Waals surface area contributed by atoms with Gasteiger partial charge in [0.05, 0.1) is 18.6 Å². The smallest absolute Gasteiger partial charge is 0.199 e. The summed E-state index contributed by atoms with van der Waals surface area (Å²) in [6, 6.07) is -0.804. The predicted octanol–water partition coefficient (Wildman–Crippen LogP) is -1.19. The van der Waals surface area contributed by atoms with Crippen molar-refractivity contribution in [3.8, 4) is 0 Å². The van der Waals surface area contributed by atoms with Gasteiger partial charge in [0.25, 0.3) is 0 Å². The van der Waals surface area contributed by atoms with Crippen molar-refractivity contribution in [3.05, 3.63) is 0 Å². The highest BCUT2D eigenvalue weighted by Crippen LogP contribution is 2.27. The average Bonchev–Trinajstić information content (AvgIpc) is 2.25. The maximum Gasteiger partial charge on any atom is 0.199 e. The lowest BCUT2D eigenvalue weighted by Gasteiger charge is -2.12. The molecule has 0 spiro atoms. The first-order chi connectivity index (χ1) is 5.57. The van der Waals surface area contributed by atoms with Crippen molar-refractivity contribution in [2.75, 3.05) is 6.61 Å². The molecule has 66 valence electrons. The van der Waals surface area contributed by atoms with Gasteiger partial charge in [0, 0.05) is 28.6 Å². The minimum Gasteiger partial charge on any atom is -0.394 e. The number of carbonyl (C=O) groups excluding carboxylic acids is 1. The summed E-state index contributed by atoms with van der Waals surface area (Å²) in [6.07, 6.45) is -1.72. The molecule has 0 amide bonds. The molecule has 12 heavy (non-hydrogen) atoms. The highest BCUT2D eigenvalue weighted by Gasteiger charge is 2.43. The first-order valence-electron chi connectivity index (χ1n) is 3.47. The molecule has 0 bridgehead atoms. The Labute approximate surface area is 84.8 Å². The molecule has 2 radical (unpaired) electrons. The number of rotatable bonds is 2. The van der Waals surface area contributed by atoms with Crippen molar-refractivity contribution in [2.24, 2.45) is 5.92 Å². The largest absolute Gasteiger partial charge is 0.394 e. The molecule has 6 heteroatoms. The molecule has 4 atom stereocenters. The molecule has 4 nitrogen and oxygen atoms in total. The normalized spacial score (nSPS) is 41.6. The van der Waals surface area contributed by atoms with Gasteiger partial charge in [-0.3, -0.25) is 4.79 Å². The monoisotopic (exact) mass is 282 g/mol. The van der Waals surface area contributed by atoms with E-state index in [-0.39, 0.29) is 10.4 Å². The molecule has 0 aromatic rings. The second kappa shape index (κ2) is 4.04. The zero-order valence-corrected chi connectivity index (χ0v) is 8.34. The molecule has 1 aliphatic rings. The second-order valence-electron chi connectivity index (χ2n) is 2.64. The summed E-state index contributed by atoms with van der Waals surface area (Å²) >= 11 is 1.56. The quantitative estimate of drug-likeness (QED) is 0.380. The number of ether oxygens (including phenoxy) is 1. The zero-order valence-electron chi connectivity index (χ0n) is 6.18. The summed E-state index contributed by atoms with van der Waals surface area (Å²) in [5.74, 6) is -0.720. The molecule has 0 unspecified atom stereocenters. The van der Waals surface area contributed by atoms with Gasteiger partial charge in [-0.05, 0) is 0 Å². The number of aliphatic hydroxyl groups is 2.